The maximum atomic E-state index is 2.58. The SMILES string of the molecule is CCC(C)(CC)c1ccc(C(CC)(CC)N(c2ccccc2)c2ccc3ccccc3c2)cc1. The van der Waals surface area contributed by atoms with Crippen LogP contribution in [0.3, 0.4) is 0 Å². The fraction of sp³-hybridized carbons (Fsp3) is 0.333. The first-order valence-corrected chi connectivity index (χ1v) is 13.0. The second-order valence-electron chi connectivity index (χ2n) is 9.79. The van der Waals surface area contributed by atoms with E-state index in [1.807, 2.05) is 0 Å². The summed E-state index contributed by atoms with van der Waals surface area (Å²) in [6.45, 7) is 11.7. The first-order valence-electron chi connectivity index (χ1n) is 13.0. The van der Waals surface area contributed by atoms with Crippen LogP contribution in [0.1, 0.15) is 71.4 Å². The lowest BCUT2D eigenvalue weighted by atomic mass is 9.76. The minimum Gasteiger partial charge on any atom is -0.331 e. The second kappa shape index (κ2) is 10.1. The van der Waals surface area contributed by atoms with Crippen LogP contribution in [0.25, 0.3) is 10.8 Å². The van der Waals surface area contributed by atoms with Crippen molar-refractivity contribution in [1.29, 1.82) is 0 Å². The minimum absolute atomic E-state index is 0.142. The summed E-state index contributed by atoms with van der Waals surface area (Å²) in [6.07, 6.45) is 4.35. The topological polar surface area (TPSA) is 3.24 Å². The molecule has 176 valence electrons. The molecular weight excluding hydrogens is 410 g/mol. The Labute approximate surface area is 206 Å². The zero-order valence-corrected chi connectivity index (χ0v) is 21.5. The van der Waals surface area contributed by atoms with E-state index in [0.29, 0.717) is 0 Å². The lowest BCUT2D eigenvalue weighted by Crippen LogP contribution is -2.42. The van der Waals surface area contributed by atoms with Crippen LogP contribution in [0.4, 0.5) is 11.4 Å². The highest BCUT2D eigenvalue weighted by molar-refractivity contribution is 5.87. The highest BCUT2D eigenvalue weighted by Gasteiger charge is 2.37. The highest BCUT2D eigenvalue weighted by atomic mass is 15.2. The summed E-state index contributed by atoms with van der Waals surface area (Å²) < 4.78 is 0. The Bertz CT molecular complexity index is 1200. The van der Waals surface area contributed by atoms with Crippen molar-refractivity contribution in [1.82, 2.24) is 0 Å². The van der Waals surface area contributed by atoms with Gasteiger partial charge in [0.25, 0.3) is 0 Å². The standard InChI is InChI=1S/C33H39N/c1-6-32(5,7-2)28-20-22-29(23-21-28)33(8-3,9-4)34(30-17-11-10-12-18-30)31-24-19-26-15-13-14-16-27(26)25-31/h10-25H,6-9H2,1-5H3. The average molecular weight is 450 g/mol. The van der Waals surface area contributed by atoms with Gasteiger partial charge in [0.15, 0.2) is 0 Å². The van der Waals surface area contributed by atoms with Crippen molar-refractivity contribution in [2.75, 3.05) is 4.90 Å². The van der Waals surface area contributed by atoms with E-state index in [4.69, 9.17) is 0 Å². The van der Waals surface area contributed by atoms with Gasteiger partial charge in [-0.05, 0) is 77.3 Å². The third kappa shape index (κ3) is 4.25. The molecule has 0 radical (unpaired) electrons. The summed E-state index contributed by atoms with van der Waals surface area (Å²) >= 11 is 0. The van der Waals surface area contributed by atoms with Gasteiger partial charge in [-0.15, -0.1) is 0 Å². The van der Waals surface area contributed by atoms with E-state index in [0.717, 1.165) is 25.7 Å². The van der Waals surface area contributed by atoms with E-state index in [-0.39, 0.29) is 11.0 Å². The molecule has 0 saturated carbocycles. The first kappa shape index (κ1) is 24.1. The molecule has 0 aliphatic carbocycles. The number of benzene rings is 4. The average Bonchev–Trinajstić information content (AvgIpc) is 2.91. The quantitative estimate of drug-likeness (QED) is 0.246. The molecule has 0 aromatic heterocycles. The molecule has 0 fully saturated rings. The number of anilines is 2. The Morgan fingerprint density at radius 2 is 1.09 bits per heavy atom. The van der Waals surface area contributed by atoms with Gasteiger partial charge >= 0.3 is 0 Å². The molecule has 0 spiro atoms. The number of rotatable bonds is 9. The molecule has 0 aliphatic rings. The third-order valence-electron chi connectivity index (χ3n) is 8.28. The Morgan fingerprint density at radius 1 is 0.529 bits per heavy atom. The smallest absolute Gasteiger partial charge is 0.0697 e. The molecule has 1 heteroatoms. The minimum atomic E-state index is -0.142. The summed E-state index contributed by atoms with van der Waals surface area (Å²) in [7, 11) is 0. The predicted octanol–water partition coefficient (Wildman–Crippen LogP) is 9.77. The fourth-order valence-electron chi connectivity index (χ4n) is 5.48. The predicted molar refractivity (Wildman–Crippen MR) is 149 cm³/mol. The third-order valence-corrected chi connectivity index (χ3v) is 8.28. The molecule has 1 nitrogen and oxygen atoms in total. The number of hydrogen-bond donors (Lipinski definition) is 0. The first-order chi connectivity index (χ1) is 16.5. The fourth-order valence-corrected chi connectivity index (χ4v) is 5.48. The number of fused-ring (bicyclic) bond motifs is 1. The van der Waals surface area contributed by atoms with Crippen LogP contribution in [0, 0.1) is 0 Å². The van der Waals surface area contributed by atoms with Crippen molar-refractivity contribution >= 4 is 22.1 Å². The largest absolute Gasteiger partial charge is 0.331 e. The van der Waals surface area contributed by atoms with Crippen molar-refractivity contribution in [2.24, 2.45) is 0 Å². The lowest BCUT2D eigenvalue weighted by molar-refractivity contribution is 0.402. The summed E-state index contributed by atoms with van der Waals surface area (Å²) in [5.41, 5.74) is 5.39. The van der Waals surface area contributed by atoms with Crippen molar-refractivity contribution in [2.45, 2.75) is 71.3 Å². The van der Waals surface area contributed by atoms with Crippen LogP contribution < -0.4 is 4.90 Å². The van der Waals surface area contributed by atoms with E-state index in [1.165, 1.54) is 33.3 Å². The monoisotopic (exact) mass is 449 g/mol. The molecule has 0 atom stereocenters. The van der Waals surface area contributed by atoms with Crippen LogP contribution >= 0.6 is 0 Å². The lowest BCUT2D eigenvalue weighted by Gasteiger charge is -2.46. The van der Waals surface area contributed by atoms with E-state index in [1.54, 1.807) is 0 Å². The highest BCUT2D eigenvalue weighted by Crippen LogP contribution is 2.45. The summed E-state index contributed by atoms with van der Waals surface area (Å²) in [5, 5.41) is 2.56. The van der Waals surface area contributed by atoms with Gasteiger partial charge in [-0.25, -0.2) is 0 Å². The molecule has 0 heterocycles. The number of hydrogen-bond acceptors (Lipinski definition) is 1. The van der Waals surface area contributed by atoms with Gasteiger partial charge in [-0.1, -0.05) is 107 Å². The zero-order valence-electron chi connectivity index (χ0n) is 21.5. The molecule has 0 amide bonds. The summed E-state index contributed by atoms with van der Waals surface area (Å²) in [4.78, 5) is 2.58. The maximum Gasteiger partial charge on any atom is 0.0697 e. The van der Waals surface area contributed by atoms with Crippen LogP contribution in [0.2, 0.25) is 0 Å². The molecule has 0 saturated heterocycles. The molecule has 4 rings (SSSR count). The van der Waals surface area contributed by atoms with Crippen LogP contribution in [-0.2, 0) is 11.0 Å². The van der Waals surface area contributed by atoms with E-state index >= 15 is 0 Å². The Balaban J connectivity index is 1.89. The van der Waals surface area contributed by atoms with Gasteiger partial charge in [-0.3, -0.25) is 0 Å². The molecule has 4 aromatic rings. The molecule has 0 bridgehead atoms. The molecule has 0 aliphatic heterocycles. The van der Waals surface area contributed by atoms with Crippen molar-refractivity contribution in [3.8, 4) is 0 Å². The van der Waals surface area contributed by atoms with Crippen molar-refractivity contribution in [3.63, 3.8) is 0 Å². The van der Waals surface area contributed by atoms with Gasteiger partial charge in [0.1, 0.15) is 0 Å². The van der Waals surface area contributed by atoms with E-state index in [2.05, 4.69) is 137 Å². The van der Waals surface area contributed by atoms with Gasteiger partial charge in [0.05, 0.1) is 5.54 Å². The number of para-hydroxylation sites is 1. The summed E-state index contributed by atoms with van der Waals surface area (Å²) in [5.74, 6) is 0. The Hall–Kier alpha value is -3.06. The van der Waals surface area contributed by atoms with E-state index < -0.39 is 0 Å². The molecule has 0 N–H and O–H groups in total. The Kier molecular flexibility index (Phi) is 7.12. The number of nitrogens with zero attached hydrogens (tertiary/aromatic N) is 1. The van der Waals surface area contributed by atoms with Crippen LogP contribution in [0.5, 0.6) is 0 Å². The maximum absolute atomic E-state index is 2.58. The normalized spacial score (nSPS) is 12.1. The van der Waals surface area contributed by atoms with Crippen LogP contribution in [0.15, 0.2) is 97.1 Å². The summed E-state index contributed by atoms with van der Waals surface area (Å²) in [6, 6.07) is 36.0. The molecular formula is C33H39N. The zero-order chi connectivity index (χ0) is 24.2. The van der Waals surface area contributed by atoms with Gasteiger partial charge < -0.3 is 4.90 Å². The molecule has 34 heavy (non-hydrogen) atoms. The van der Waals surface area contributed by atoms with Crippen molar-refractivity contribution < 1.29 is 0 Å². The molecule has 4 aromatic carbocycles. The van der Waals surface area contributed by atoms with Crippen molar-refractivity contribution in [3.05, 3.63) is 108 Å². The van der Waals surface area contributed by atoms with E-state index in [9.17, 15) is 0 Å². The van der Waals surface area contributed by atoms with Gasteiger partial charge in [-0.2, -0.15) is 0 Å². The van der Waals surface area contributed by atoms with Gasteiger partial charge in [0.2, 0.25) is 0 Å². The van der Waals surface area contributed by atoms with Gasteiger partial charge in [0, 0.05) is 11.4 Å². The Morgan fingerprint density at radius 3 is 1.68 bits per heavy atom. The second-order valence-corrected chi connectivity index (χ2v) is 9.79. The molecule has 0 unspecified atom stereocenters. The van der Waals surface area contributed by atoms with Crippen LogP contribution in [-0.4, -0.2) is 0 Å².